The van der Waals surface area contributed by atoms with Gasteiger partial charge in [0.1, 0.15) is 0 Å². The maximum absolute atomic E-state index is 11.7. The van der Waals surface area contributed by atoms with E-state index in [0.29, 0.717) is 19.4 Å². The highest BCUT2D eigenvalue weighted by Gasteiger charge is 2.23. The Morgan fingerprint density at radius 2 is 2.24 bits per heavy atom. The van der Waals surface area contributed by atoms with Crippen LogP contribution in [0.3, 0.4) is 0 Å². The highest BCUT2D eigenvalue weighted by Crippen LogP contribution is 2.11. The number of rotatable bonds is 6. The van der Waals surface area contributed by atoms with E-state index in [1.165, 1.54) is 12.8 Å². The van der Waals surface area contributed by atoms with Gasteiger partial charge in [0, 0.05) is 19.5 Å². The monoisotopic (exact) mass is 240 g/mol. The van der Waals surface area contributed by atoms with Crippen molar-refractivity contribution in [3.05, 3.63) is 0 Å². The van der Waals surface area contributed by atoms with Crippen LogP contribution in [0.25, 0.3) is 0 Å². The number of amides is 2. The number of unbranched alkanes of at least 4 members (excludes halogenated alkanes) is 1. The Morgan fingerprint density at radius 3 is 2.82 bits per heavy atom. The lowest BCUT2D eigenvalue weighted by Crippen LogP contribution is -2.43. The maximum Gasteiger partial charge on any atom is 0.224 e. The van der Waals surface area contributed by atoms with E-state index >= 15 is 0 Å². The summed E-state index contributed by atoms with van der Waals surface area (Å²) in [7, 11) is 0. The normalized spacial score (nSPS) is 20.2. The summed E-state index contributed by atoms with van der Waals surface area (Å²) < 4.78 is 0. The number of hydrogen-bond acceptors (Lipinski definition) is 2. The molecule has 1 aliphatic rings. The Kier molecular flexibility index (Phi) is 6.01. The second-order valence-corrected chi connectivity index (χ2v) is 5.22. The third kappa shape index (κ3) is 5.71. The van der Waals surface area contributed by atoms with E-state index in [4.69, 9.17) is 0 Å². The molecule has 1 heterocycles. The van der Waals surface area contributed by atoms with Crippen LogP contribution in [0.15, 0.2) is 0 Å². The highest BCUT2D eigenvalue weighted by molar-refractivity contribution is 5.83. The topological polar surface area (TPSA) is 58.2 Å². The zero-order chi connectivity index (χ0) is 12.7. The molecule has 0 bridgehead atoms. The van der Waals surface area contributed by atoms with Gasteiger partial charge in [0.15, 0.2) is 0 Å². The van der Waals surface area contributed by atoms with E-state index < -0.39 is 0 Å². The summed E-state index contributed by atoms with van der Waals surface area (Å²) >= 11 is 0. The predicted molar refractivity (Wildman–Crippen MR) is 67.4 cm³/mol. The summed E-state index contributed by atoms with van der Waals surface area (Å²) in [4.78, 5) is 22.7. The molecule has 4 nitrogen and oxygen atoms in total. The average molecular weight is 240 g/mol. The number of piperidine rings is 1. The summed E-state index contributed by atoms with van der Waals surface area (Å²) in [5.74, 6) is 0.859. The first-order valence-electron chi connectivity index (χ1n) is 6.64. The van der Waals surface area contributed by atoms with Gasteiger partial charge in [0.25, 0.3) is 0 Å². The molecule has 17 heavy (non-hydrogen) atoms. The maximum atomic E-state index is 11.7. The van der Waals surface area contributed by atoms with Gasteiger partial charge in [0.2, 0.25) is 11.8 Å². The molecule has 1 atom stereocenters. The lowest BCUT2D eigenvalue weighted by atomic mass is 9.98. The molecule has 0 radical (unpaired) electrons. The largest absolute Gasteiger partial charge is 0.356 e. The van der Waals surface area contributed by atoms with Crippen LogP contribution in [0.5, 0.6) is 0 Å². The molecule has 2 amide bonds. The van der Waals surface area contributed by atoms with Gasteiger partial charge in [-0.2, -0.15) is 0 Å². The van der Waals surface area contributed by atoms with E-state index in [1.807, 2.05) is 0 Å². The van der Waals surface area contributed by atoms with E-state index in [-0.39, 0.29) is 17.7 Å². The first-order valence-corrected chi connectivity index (χ1v) is 6.64. The van der Waals surface area contributed by atoms with Crippen molar-refractivity contribution < 1.29 is 9.59 Å². The standard InChI is InChI=1S/C13H24N2O2/c1-10(2)5-3-4-8-14-13(17)11-6-7-12(16)15-9-11/h10-11H,3-9H2,1-2H3,(H,14,17)(H,15,16). The average Bonchev–Trinajstić information content (AvgIpc) is 2.29. The summed E-state index contributed by atoms with van der Waals surface area (Å²) in [6.07, 6.45) is 4.59. The third-order valence-corrected chi connectivity index (χ3v) is 3.14. The fraction of sp³-hybridized carbons (Fsp3) is 0.846. The van der Waals surface area contributed by atoms with Crippen molar-refractivity contribution in [2.45, 2.75) is 46.0 Å². The fourth-order valence-electron chi connectivity index (χ4n) is 1.99. The smallest absolute Gasteiger partial charge is 0.224 e. The molecule has 0 saturated carbocycles. The highest BCUT2D eigenvalue weighted by atomic mass is 16.2. The molecule has 98 valence electrons. The molecular formula is C13H24N2O2. The van der Waals surface area contributed by atoms with Crippen LogP contribution >= 0.6 is 0 Å². The number of nitrogens with one attached hydrogen (secondary N) is 2. The van der Waals surface area contributed by atoms with Crippen LogP contribution in [0.4, 0.5) is 0 Å². The van der Waals surface area contributed by atoms with Crippen molar-refractivity contribution in [1.82, 2.24) is 10.6 Å². The number of hydrogen-bond donors (Lipinski definition) is 2. The molecule has 1 fully saturated rings. The first-order chi connectivity index (χ1) is 8.09. The second-order valence-electron chi connectivity index (χ2n) is 5.22. The van der Waals surface area contributed by atoms with E-state index in [0.717, 1.165) is 18.9 Å². The molecule has 0 aromatic heterocycles. The minimum Gasteiger partial charge on any atom is -0.356 e. The first kappa shape index (κ1) is 14.0. The SMILES string of the molecule is CC(C)CCCCNC(=O)C1CCC(=O)NC1. The van der Waals surface area contributed by atoms with Gasteiger partial charge >= 0.3 is 0 Å². The van der Waals surface area contributed by atoms with Crippen LogP contribution in [-0.4, -0.2) is 24.9 Å². The lowest BCUT2D eigenvalue weighted by molar-refractivity contribution is -0.128. The van der Waals surface area contributed by atoms with Crippen molar-refractivity contribution in [2.75, 3.05) is 13.1 Å². The van der Waals surface area contributed by atoms with Crippen molar-refractivity contribution in [2.24, 2.45) is 11.8 Å². The van der Waals surface area contributed by atoms with Gasteiger partial charge in [-0.1, -0.05) is 26.7 Å². The Balaban J connectivity index is 2.06. The van der Waals surface area contributed by atoms with E-state index in [2.05, 4.69) is 24.5 Å². The fourth-order valence-corrected chi connectivity index (χ4v) is 1.99. The Labute approximate surface area is 104 Å². The molecular weight excluding hydrogens is 216 g/mol. The Morgan fingerprint density at radius 1 is 1.47 bits per heavy atom. The van der Waals surface area contributed by atoms with Crippen LogP contribution in [0.2, 0.25) is 0 Å². The molecule has 0 spiro atoms. The summed E-state index contributed by atoms with van der Waals surface area (Å²) in [6, 6.07) is 0. The lowest BCUT2D eigenvalue weighted by Gasteiger charge is -2.21. The van der Waals surface area contributed by atoms with Crippen LogP contribution in [0, 0.1) is 11.8 Å². The molecule has 0 aliphatic carbocycles. The minimum atomic E-state index is -0.0298. The zero-order valence-electron chi connectivity index (χ0n) is 10.9. The predicted octanol–water partition coefficient (Wildman–Crippen LogP) is 1.46. The molecule has 4 heteroatoms. The van der Waals surface area contributed by atoms with Crippen LogP contribution < -0.4 is 10.6 Å². The quantitative estimate of drug-likeness (QED) is 0.690. The summed E-state index contributed by atoms with van der Waals surface area (Å²) in [5, 5.41) is 5.68. The molecule has 1 rings (SSSR count). The Bertz CT molecular complexity index is 254. The van der Waals surface area contributed by atoms with Crippen molar-refractivity contribution >= 4 is 11.8 Å². The van der Waals surface area contributed by atoms with Crippen LogP contribution in [-0.2, 0) is 9.59 Å². The van der Waals surface area contributed by atoms with Gasteiger partial charge in [-0.3, -0.25) is 9.59 Å². The zero-order valence-corrected chi connectivity index (χ0v) is 10.9. The molecule has 1 saturated heterocycles. The molecule has 1 unspecified atom stereocenters. The number of carbonyl (C=O) groups excluding carboxylic acids is 2. The minimum absolute atomic E-state index is 0.0298. The summed E-state index contributed by atoms with van der Waals surface area (Å²) in [6.45, 7) is 5.68. The van der Waals surface area contributed by atoms with Gasteiger partial charge in [0.05, 0.1) is 5.92 Å². The van der Waals surface area contributed by atoms with Crippen molar-refractivity contribution in [3.8, 4) is 0 Å². The number of carbonyl (C=O) groups is 2. The molecule has 0 aromatic carbocycles. The second kappa shape index (κ2) is 7.30. The Hall–Kier alpha value is -1.06. The molecule has 1 aliphatic heterocycles. The molecule has 0 aromatic rings. The summed E-state index contributed by atoms with van der Waals surface area (Å²) in [5.41, 5.74) is 0. The van der Waals surface area contributed by atoms with E-state index in [1.54, 1.807) is 0 Å². The van der Waals surface area contributed by atoms with Gasteiger partial charge in [-0.15, -0.1) is 0 Å². The van der Waals surface area contributed by atoms with Gasteiger partial charge in [-0.05, 0) is 18.8 Å². The van der Waals surface area contributed by atoms with Crippen molar-refractivity contribution in [1.29, 1.82) is 0 Å². The van der Waals surface area contributed by atoms with Gasteiger partial charge < -0.3 is 10.6 Å². The van der Waals surface area contributed by atoms with Gasteiger partial charge in [-0.25, -0.2) is 0 Å². The van der Waals surface area contributed by atoms with E-state index in [9.17, 15) is 9.59 Å². The van der Waals surface area contributed by atoms with Crippen LogP contribution in [0.1, 0.15) is 46.0 Å². The van der Waals surface area contributed by atoms with Crippen molar-refractivity contribution in [3.63, 3.8) is 0 Å². The molecule has 2 N–H and O–H groups in total. The third-order valence-electron chi connectivity index (χ3n) is 3.14.